The van der Waals surface area contributed by atoms with Crippen molar-refractivity contribution >= 4 is 29.4 Å². The lowest BCUT2D eigenvalue weighted by Crippen LogP contribution is -2.38. The molecule has 0 atom stereocenters. The van der Waals surface area contributed by atoms with Crippen LogP contribution in [0.4, 0.5) is 0 Å². The Morgan fingerprint density at radius 2 is 1.82 bits per heavy atom. The number of aromatic nitrogens is 4. The lowest BCUT2D eigenvalue weighted by molar-refractivity contribution is -0.126. The van der Waals surface area contributed by atoms with Gasteiger partial charge in [-0.05, 0) is 32.9 Å². The fourth-order valence-electron chi connectivity index (χ4n) is 3.65. The maximum atomic E-state index is 12.4. The molecular formula is C19H28N6O2S. The molecule has 1 saturated carbocycles. The molecule has 9 heteroatoms. The van der Waals surface area contributed by atoms with Crippen LogP contribution in [0.3, 0.4) is 0 Å². The lowest BCUT2D eigenvalue weighted by atomic mass is 9.89. The van der Waals surface area contributed by atoms with Crippen molar-refractivity contribution in [2.75, 3.05) is 19.3 Å². The standard InChI is InChI=1S/C19H28N6O2S/c1-12-15(13(2)25-18(22-12)23-19(24-25)28-3)11-16(26)20-9-10-21-17(27)14-7-5-4-6-8-14/h14H,4-11H2,1-3H3,(H,20,26)(H,21,27). The van der Waals surface area contributed by atoms with E-state index in [1.54, 1.807) is 4.52 Å². The molecule has 0 aliphatic heterocycles. The molecule has 28 heavy (non-hydrogen) atoms. The third-order valence-corrected chi connectivity index (χ3v) is 5.81. The Kier molecular flexibility index (Phi) is 6.88. The van der Waals surface area contributed by atoms with Gasteiger partial charge in [0, 0.05) is 36.0 Å². The quantitative estimate of drug-likeness (QED) is 0.539. The number of thioether (sulfide) groups is 1. The molecule has 2 amide bonds. The van der Waals surface area contributed by atoms with Gasteiger partial charge in [-0.3, -0.25) is 9.59 Å². The van der Waals surface area contributed by atoms with Crippen molar-refractivity contribution < 1.29 is 9.59 Å². The summed E-state index contributed by atoms with van der Waals surface area (Å²) in [5.41, 5.74) is 2.51. The molecule has 1 aliphatic carbocycles. The second kappa shape index (κ2) is 9.36. The van der Waals surface area contributed by atoms with Gasteiger partial charge >= 0.3 is 0 Å². The van der Waals surface area contributed by atoms with Gasteiger partial charge < -0.3 is 10.6 Å². The molecule has 0 aromatic carbocycles. The summed E-state index contributed by atoms with van der Waals surface area (Å²) in [7, 11) is 0. The van der Waals surface area contributed by atoms with E-state index in [1.165, 1.54) is 18.2 Å². The molecule has 0 bridgehead atoms. The van der Waals surface area contributed by atoms with Crippen molar-refractivity contribution in [1.82, 2.24) is 30.2 Å². The highest BCUT2D eigenvalue weighted by atomic mass is 32.2. The molecule has 0 unspecified atom stereocenters. The molecular weight excluding hydrogens is 376 g/mol. The smallest absolute Gasteiger partial charge is 0.253 e. The Balaban J connectivity index is 1.51. The minimum Gasteiger partial charge on any atom is -0.354 e. The summed E-state index contributed by atoms with van der Waals surface area (Å²) in [5, 5.41) is 10.9. The van der Waals surface area contributed by atoms with Crippen molar-refractivity contribution in [3.05, 3.63) is 17.0 Å². The maximum Gasteiger partial charge on any atom is 0.253 e. The van der Waals surface area contributed by atoms with E-state index in [4.69, 9.17) is 0 Å². The van der Waals surface area contributed by atoms with Crippen LogP contribution in [0.25, 0.3) is 5.78 Å². The molecule has 8 nitrogen and oxygen atoms in total. The second-order valence-electron chi connectivity index (χ2n) is 7.22. The van der Waals surface area contributed by atoms with E-state index in [9.17, 15) is 9.59 Å². The van der Waals surface area contributed by atoms with Crippen LogP contribution in [-0.4, -0.2) is 50.7 Å². The lowest BCUT2D eigenvalue weighted by Gasteiger charge is -2.20. The van der Waals surface area contributed by atoms with Crippen LogP contribution in [0.2, 0.25) is 0 Å². The number of nitrogens with zero attached hydrogens (tertiary/aromatic N) is 4. The van der Waals surface area contributed by atoms with Crippen LogP contribution in [-0.2, 0) is 16.0 Å². The Morgan fingerprint density at radius 1 is 1.11 bits per heavy atom. The highest BCUT2D eigenvalue weighted by Crippen LogP contribution is 2.23. The second-order valence-corrected chi connectivity index (χ2v) is 8.00. The number of hydrogen-bond acceptors (Lipinski definition) is 6. The number of carbonyl (C=O) groups excluding carboxylic acids is 2. The molecule has 2 aromatic heterocycles. The number of amides is 2. The van der Waals surface area contributed by atoms with Gasteiger partial charge in [0.2, 0.25) is 17.0 Å². The summed E-state index contributed by atoms with van der Waals surface area (Å²) in [5.74, 6) is 0.714. The van der Waals surface area contributed by atoms with E-state index in [0.29, 0.717) is 24.0 Å². The number of hydrogen-bond donors (Lipinski definition) is 2. The van der Waals surface area contributed by atoms with Gasteiger partial charge in [0.05, 0.1) is 6.42 Å². The zero-order valence-electron chi connectivity index (χ0n) is 16.7. The van der Waals surface area contributed by atoms with Gasteiger partial charge in [-0.2, -0.15) is 4.98 Å². The molecule has 0 spiro atoms. The van der Waals surface area contributed by atoms with Crippen molar-refractivity contribution in [2.24, 2.45) is 5.92 Å². The third-order valence-electron chi connectivity index (χ3n) is 5.27. The van der Waals surface area contributed by atoms with E-state index in [2.05, 4.69) is 25.7 Å². The van der Waals surface area contributed by atoms with Crippen molar-refractivity contribution in [2.45, 2.75) is 57.5 Å². The molecule has 2 heterocycles. The first-order valence-corrected chi connectivity index (χ1v) is 11.0. The largest absolute Gasteiger partial charge is 0.354 e. The van der Waals surface area contributed by atoms with Crippen molar-refractivity contribution in [3.8, 4) is 0 Å². The van der Waals surface area contributed by atoms with E-state index in [-0.39, 0.29) is 24.2 Å². The Hall–Kier alpha value is -2.16. The fraction of sp³-hybridized carbons (Fsp3) is 0.632. The first-order valence-electron chi connectivity index (χ1n) is 9.81. The zero-order chi connectivity index (χ0) is 20.1. The van der Waals surface area contributed by atoms with E-state index >= 15 is 0 Å². The molecule has 0 radical (unpaired) electrons. The van der Waals surface area contributed by atoms with Crippen LogP contribution < -0.4 is 10.6 Å². The predicted octanol–water partition coefficient (Wildman–Crippen LogP) is 1.82. The first-order chi connectivity index (χ1) is 13.5. The SMILES string of the molecule is CSc1nc2nc(C)c(CC(=O)NCCNC(=O)C3CCCCC3)c(C)n2n1. The van der Waals surface area contributed by atoms with Crippen LogP contribution in [0.15, 0.2) is 5.16 Å². The van der Waals surface area contributed by atoms with Crippen molar-refractivity contribution in [3.63, 3.8) is 0 Å². The third kappa shape index (κ3) is 4.81. The van der Waals surface area contributed by atoms with Gasteiger partial charge in [-0.25, -0.2) is 9.50 Å². The minimum atomic E-state index is -0.0931. The number of rotatable bonds is 7. The monoisotopic (exact) mass is 404 g/mol. The van der Waals surface area contributed by atoms with Gasteiger partial charge in [0.15, 0.2) is 0 Å². The summed E-state index contributed by atoms with van der Waals surface area (Å²) in [6, 6.07) is 0. The van der Waals surface area contributed by atoms with Gasteiger partial charge in [-0.1, -0.05) is 31.0 Å². The summed E-state index contributed by atoms with van der Waals surface area (Å²) in [4.78, 5) is 33.3. The molecule has 152 valence electrons. The van der Waals surface area contributed by atoms with Crippen LogP contribution in [0.1, 0.15) is 49.1 Å². The van der Waals surface area contributed by atoms with Gasteiger partial charge in [-0.15, -0.1) is 5.10 Å². The average molecular weight is 405 g/mol. The number of aryl methyl sites for hydroxylation is 2. The highest BCUT2D eigenvalue weighted by Gasteiger charge is 2.20. The molecule has 3 rings (SSSR count). The van der Waals surface area contributed by atoms with E-state index < -0.39 is 0 Å². The Morgan fingerprint density at radius 3 is 2.54 bits per heavy atom. The minimum absolute atomic E-state index is 0.0931. The number of carbonyl (C=O) groups is 2. The molecule has 0 saturated heterocycles. The molecule has 1 aliphatic rings. The normalized spacial score (nSPS) is 15.0. The Bertz CT molecular complexity index is 860. The van der Waals surface area contributed by atoms with Crippen LogP contribution in [0, 0.1) is 19.8 Å². The van der Waals surface area contributed by atoms with E-state index in [0.717, 1.165) is 42.6 Å². The fourth-order valence-corrected chi connectivity index (χ4v) is 3.99. The van der Waals surface area contributed by atoms with Crippen molar-refractivity contribution in [1.29, 1.82) is 0 Å². The highest BCUT2D eigenvalue weighted by molar-refractivity contribution is 7.98. The topological polar surface area (TPSA) is 101 Å². The zero-order valence-corrected chi connectivity index (χ0v) is 17.6. The first kappa shape index (κ1) is 20.6. The summed E-state index contributed by atoms with van der Waals surface area (Å²) in [6.45, 7) is 4.68. The molecule has 1 fully saturated rings. The average Bonchev–Trinajstić information content (AvgIpc) is 3.12. The predicted molar refractivity (Wildman–Crippen MR) is 108 cm³/mol. The summed E-state index contributed by atoms with van der Waals surface area (Å²) >= 11 is 1.46. The summed E-state index contributed by atoms with van der Waals surface area (Å²) in [6.07, 6.45) is 7.60. The van der Waals surface area contributed by atoms with Gasteiger partial charge in [0.1, 0.15) is 0 Å². The number of fused-ring (bicyclic) bond motifs is 1. The van der Waals surface area contributed by atoms with Crippen LogP contribution in [0.5, 0.6) is 0 Å². The number of nitrogens with one attached hydrogen (secondary N) is 2. The molecule has 2 aromatic rings. The van der Waals surface area contributed by atoms with Gasteiger partial charge in [0.25, 0.3) is 5.78 Å². The van der Waals surface area contributed by atoms with E-state index in [1.807, 2.05) is 20.1 Å². The van der Waals surface area contributed by atoms with Crippen LogP contribution >= 0.6 is 11.8 Å². The maximum absolute atomic E-state index is 12.4. The Labute approximate surface area is 169 Å². The molecule has 2 N–H and O–H groups in total. The summed E-state index contributed by atoms with van der Waals surface area (Å²) < 4.78 is 1.69.